The molecule has 0 aliphatic carbocycles. The largest absolute Gasteiger partial charge is 0.487 e. The number of carbonyl (C=O) groups is 1. The Bertz CT molecular complexity index is 674. The maximum atomic E-state index is 11.1. The normalized spacial score (nSPS) is 10.4. The smallest absolute Gasteiger partial charge is 0.172 e. The van der Waals surface area contributed by atoms with Gasteiger partial charge in [0.05, 0.1) is 6.54 Å². The van der Waals surface area contributed by atoms with E-state index in [1.807, 2.05) is 39.0 Å². The van der Waals surface area contributed by atoms with E-state index in [0.717, 1.165) is 22.4 Å². The SMILES string of the molecule is C=C(C)Cn1nnc(C=O)c1COc1cccc(C)c1C. The van der Waals surface area contributed by atoms with Crippen molar-refractivity contribution < 1.29 is 9.53 Å². The third kappa shape index (κ3) is 3.37. The van der Waals surface area contributed by atoms with Crippen molar-refractivity contribution in [1.29, 1.82) is 0 Å². The lowest BCUT2D eigenvalue weighted by molar-refractivity contribution is 0.111. The molecule has 0 atom stereocenters. The molecule has 0 saturated heterocycles. The number of rotatable bonds is 6. The third-order valence-corrected chi connectivity index (χ3v) is 3.32. The molecule has 1 aromatic heterocycles. The molecule has 21 heavy (non-hydrogen) atoms. The molecule has 5 heteroatoms. The Morgan fingerprint density at radius 2 is 2.19 bits per heavy atom. The minimum Gasteiger partial charge on any atom is -0.487 e. The van der Waals surface area contributed by atoms with E-state index < -0.39 is 0 Å². The summed E-state index contributed by atoms with van der Waals surface area (Å²) in [6, 6.07) is 5.89. The quantitative estimate of drug-likeness (QED) is 0.605. The second kappa shape index (κ2) is 6.35. The summed E-state index contributed by atoms with van der Waals surface area (Å²) >= 11 is 0. The van der Waals surface area contributed by atoms with Crippen molar-refractivity contribution in [2.24, 2.45) is 0 Å². The van der Waals surface area contributed by atoms with E-state index in [4.69, 9.17) is 4.74 Å². The van der Waals surface area contributed by atoms with E-state index in [1.165, 1.54) is 0 Å². The van der Waals surface area contributed by atoms with Gasteiger partial charge < -0.3 is 4.74 Å². The lowest BCUT2D eigenvalue weighted by atomic mass is 10.1. The summed E-state index contributed by atoms with van der Waals surface area (Å²) in [4.78, 5) is 11.1. The van der Waals surface area contributed by atoms with Crippen LogP contribution in [0.1, 0.15) is 34.2 Å². The monoisotopic (exact) mass is 285 g/mol. The maximum absolute atomic E-state index is 11.1. The van der Waals surface area contributed by atoms with Gasteiger partial charge in [-0.15, -0.1) is 5.10 Å². The van der Waals surface area contributed by atoms with Crippen LogP contribution in [0.3, 0.4) is 0 Å². The van der Waals surface area contributed by atoms with Gasteiger partial charge in [-0.1, -0.05) is 29.5 Å². The van der Waals surface area contributed by atoms with E-state index in [0.29, 0.717) is 24.2 Å². The Morgan fingerprint density at radius 1 is 1.43 bits per heavy atom. The second-order valence-corrected chi connectivity index (χ2v) is 5.14. The van der Waals surface area contributed by atoms with E-state index in [9.17, 15) is 4.79 Å². The Morgan fingerprint density at radius 3 is 2.86 bits per heavy atom. The highest BCUT2D eigenvalue weighted by molar-refractivity contribution is 5.73. The van der Waals surface area contributed by atoms with Crippen LogP contribution >= 0.6 is 0 Å². The second-order valence-electron chi connectivity index (χ2n) is 5.14. The molecule has 0 spiro atoms. The molecule has 0 aliphatic heterocycles. The predicted octanol–water partition coefficient (Wildman–Crippen LogP) is 2.86. The highest BCUT2D eigenvalue weighted by Crippen LogP contribution is 2.22. The van der Waals surface area contributed by atoms with Crippen molar-refractivity contribution in [1.82, 2.24) is 15.0 Å². The van der Waals surface area contributed by atoms with E-state index >= 15 is 0 Å². The van der Waals surface area contributed by atoms with Gasteiger partial charge in [-0.25, -0.2) is 4.68 Å². The molecule has 0 bridgehead atoms. The first-order chi connectivity index (χ1) is 10.0. The standard InChI is InChI=1S/C16H19N3O2/c1-11(2)8-19-15(14(9-20)17-18-19)10-21-16-7-5-6-12(3)13(16)4/h5-7,9H,1,8,10H2,2-4H3. The number of nitrogens with zero attached hydrogens (tertiary/aromatic N) is 3. The fourth-order valence-electron chi connectivity index (χ4n) is 2.00. The summed E-state index contributed by atoms with van der Waals surface area (Å²) in [5, 5.41) is 7.84. The molecule has 1 aromatic carbocycles. The number of carbonyl (C=O) groups excluding carboxylic acids is 1. The van der Waals surface area contributed by atoms with Crippen LogP contribution in [-0.2, 0) is 13.2 Å². The zero-order chi connectivity index (χ0) is 15.4. The van der Waals surface area contributed by atoms with Crippen LogP contribution in [0.5, 0.6) is 5.75 Å². The van der Waals surface area contributed by atoms with Crippen LogP contribution in [0.15, 0.2) is 30.4 Å². The molecule has 2 rings (SSSR count). The van der Waals surface area contributed by atoms with Crippen LogP contribution in [0.2, 0.25) is 0 Å². The average Bonchev–Trinajstić information content (AvgIpc) is 2.82. The van der Waals surface area contributed by atoms with Crippen LogP contribution in [0.25, 0.3) is 0 Å². The Balaban J connectivity index is 2.22. The minimum atomic E-state index is 0.249. The zero-order valence-electron chi connectivity index (χ0n) is 12.6. The summed E-state index contributed by atoms with van der Waals surface area (Å²) in [7, 11) is 0. The number of aryl methyl sites for hydroxylation is 1. The number of aromatic nitrogens is 3. The Labute approximate surface area is 124 Å². The first kappa shape index (κ1) is 15.0. The fraction of sp³-hybridized carbons (Fsp3) is 0.312. The molecule has 0 saturated carbocycles. The van der Waals surface area contributed by atoms with Crippen LogP contribution < -0.4 is 4.74 Å². The van der Waals surface area contributed by atoms with Gasteiger partial charge in [0.15, 0.2) is 12.0 Å². The van der Waals surface area contributed by atoms with Crippen molar-refractivity contribution in [2.75, 3.05) is 0 Å². The lowest BCUT2D eigenvalue weighted by Crippen LogP contribution is -2.10. The van der Waals surface area contributed by atoms with E-state index in [2.05, 4.69) is 16.9 Å². The number of hydrogen-bond acceptors (Lipinski definition) is 4. The van der Waals surface area contributed by atoms with Gasteiger partial charge in [-0.3, -0.25) is 4.79 Å². The summed E-state index contributed by atoms with van der Waals surface area (Å²) in [6.07, 6.45) is 0.698. The number of ether oxygens (including phenoxy) is 1. The molecular weight excluding hydrogens is 266 g/mol. The fourth-order valence-corrected chi connectivity index (χ4v) is 2.00. The van der Waals surface area contributed by atoms with Gasteiger partial charge in [0.25, 0.3) is 0 Å². The Kier molecular flexibility index (Phi) is 4.52. The maximum Gasteiger partial charge on any atom is 0.172 e. The molecular formula is C16H19N3O2. The summed E-state index contributed by atoms with van der Waals surface area (Å²) < 4.78 is 7.49. The first-order valence-corrected chi connectivity index (χ1v) is 6.74. The van der Waals surface area contributed by atoms with Crippen LogP contribution in [0, 0.1) is 13.8 Å². The first-order valence-electron chi connectivity index (χ1n) is 6.74. The van der Waals surface area contributed by atoms with Crippen LogP contribution in [-0.4, -0.2) is 21.3 Å². The van der Waals surface area contributed by atoms with Crippen LogP contribution in [0.4, 0.5) is 0 Å². The molecule has 0 N–H and O–H groups in total. The van der Waals surface area contributed by atoms with Gasteiger partial charge in [-0.05, 0) is 38.0 Å². The van der Waals surface area contributed by atoms with E-state index in [1.54, 1.807) is 4.68 Å². The molecule has 0 aliphatic rings. The van der Waals surface area contributed by atoms with Crippen molar-refractivity contribution in [3.05, 3.63) is 52.9 Å². The van der Waals surface area contributed by atoms with Gasteiger partial charge in [0, 0.05) is 0 Å². The summed E-state index contributed by atoms with van der Waals surface area (Å²) in [6.45, 7) is 10.6. The number of hydrogen-bond donors (Lipinski definition) is 0. The predicted molar refractivity (Wildman–Crippen MR) is 80.5 cm³/mol. The van der Waals surface area contributed by atoms with Gasteiger partial charge in [-0.2, -0.15) is 0 Å². The highest BCUT2D eigenvalue weighted by Gasteiger charge is 2.13. The topological polar surface area (TPSA) is 57.0 Å². The van der Waals surface area contributed by atoms with Gasteiger partial charge in [0.1, 0.15) is 18.1 Å². The highest BCUT2D eigenvalue weighted by atomic mass is 16.5. The minimum absolute atomic E-state index is 0.249. The molecule has 0 fully saturated rings. The Hall–Kier alpha value is -2.43. The summed E-state index contributed by atoms with van der Waals surface area (Å²) in [5.41, 5.74) is 4.15. The molecule has 0 amide bonds. The van der Waals surface area contributed by atoms with Crippen molar-refractivity contribution in [3.8, 4) is 5.75 Å². The number of aldehydes is 1. The number of benzene rings is 1. The molecule has 0 radical (unpaired) electrons. The zero-order valence-corrected chi connectivity index (χ0v) is 12.6. The molecule has 110 valence electrons. The number of allylic oxidation sites excluding steroid dienone is 1. The van der Waals surface area contributed by atoms with Crippen molar-refractivity contribution in [3.63, 3.8) is 0 Å². The van der Waals surface area contributed by atoms with Crippen molar-refractivity contribution in [2.45, 2.75) is 33.9 Å². The molecule has 0 unspecified atom stereocenters. The van der Waals surface area contributed by atoms with Crippen molar-refractivity contribution >= 4 is 6.29 Å². The van der Waals surface area contributed by atoms with Gasteiger partial charge in [0.2, 0.25) is 0 Å². The average molecular weight is 285 g/mol. The third-order valence-electron chi connectivity index (χ3n) is 3.32. The van der Waals surface area contributed by atoms with E-state index in [-0.39, 0.29) is 6.61 Å². The lowest BCUT2D eigenvalue weighted by Gasteiger charge is -2.12. The molecule has 2 aromatic rings. The summed E-state index contributed by atoms with van der Waals surface area (Å²) in [5.74, 6) is 0.801. The molecule has 1 heterocycles. The van der Waals surface area contributed by atoms with Gasteiger partial charge >= 0.3 is 0 Å². The molecule has 5 nitrogen and oxygen atoms in total.